The van der Waals surface area contributed by atoms with E-state index in [2.05, 4.69) is 0 Å². The van der Waals surface area contributed by atoms with Crippen molar-refractivity contribution in [1.29, 1.82) is 0 Å². The maximum Gasteiger partial charge on any atom is 0.336 e. The van der Waals surface area contributed by atoms with E-state index in [0.29, 0.717) is 44.5 Å². The van der Waals surface area contributed by atoms with E-state index in [1.807, 2.05) is 0 Å². The number of aliphatic carboxylic acids is 2. The van der Waals surface area contributed by atoms with E-state index in [1.54, 1.807) is 84.9 Å². The van der Waals surface area contributed by atoms with Crippen LogP contribution in [-0.2, 0) is 9.59 Å². The lowest BCUT2D eigenvalue weighted by atomic mass is 9.86. The van der Waals surface area contributed by atoms with Gasteiger partial charge in [-0.2, -0.15) is 0 Å². The van der Waals surface area contributed by atoms with Crippen molar-refractivity contribution in [3.63, 3.8) is 0 Å². The maximum absolute atomic E-state index is 14.5. The summed E-state index contributed by atoms with van der Waals surface area (Å²) in [5, 5.41) is 39.3. The molecule has 0 saturated carbocycles. The Morgan fingerprint density at radius 1 is 0.392 bits per heavy atom. The Hall–Kier alpha value is -10.5. The molecule has 74 heavy (non-hydrogen) atoms. The summed E-state index contributed by atoms with van der Waals surface area (Å²) >= 11 is 0. The molecule has 0 unspecified atom stereocenters. The maximum atomic E-state index is 14.5. The minimum Gasteiger partial charge on any atom is -0.495 e. The number of hydrogen-bond acceptors (Lipinski definition) is 10. The summed E-state index contributed by atoms with van der Waals surface area (Å²) < 4.78 is 11.6. The molecule has 0 fully saturated rings. The molecule has 16 heteroatoms. The highest BCUT2D eigenvalue weighted by Crippen LogP contribution is 2.45. The molecule has 10 rings (SSSR count). The van der Waals surface area contributed by atoms with Gasteiger partial charge in [-0.1, -0.05) is 72.8 Å². The lowest BCUT2D eigenvalue weighted by Gasteiger charge is -2.30. The third kappa shape index (κ3) is 7.84. The summed E-state index contributed by atoms with van der Waals surface area (Å²) in [4.78, 5) is 107. The highest BCUT2D eigenvalue weighted by molar-refractivity contribution is 6.39. The molecule has 0 bridgehead atoms. The van der Waals surface area contributed by atoms with Crippen molar-refractivity contribution >= 4 is 92.6 Å². The van der Waals surface area contributed by atoms with Crippen LogP contribution in [0.5, 0.6) is 11.5 Å². The van der Waals surface area contributed by atoms with Crippen molar-refractivity contribution in [2.75, 3.05) is 24.0 Å². The van der Waals surface area contributed by atoms with Crippen LogP contribution in [0.1, 0.15) is 73.3 Å². The van der Waals surface area contributed by atoms with Crippen molar-refractivity contribution in [1.82, 2.24) is 0 Å². The molecule has 0 aromatic heterocycles. The van der Waals surface area contributed by atoms with Crippen LogP contribution in [0, 0.1) is 0 Å². The molecular weight excluding hydrogens is 949 g/mol. The Labute approximate surface area is 418 Å². The molecule has 0 spiro atoms. The summed E-state index contributed by atoms with van der Waals surface area (Å²) in [7, 11) is 2.72. The standard InChI is InChI=1S/C58H36N2O14/c1-73-45-27-33(13-23-43(45)59-53(65)37-17-15-35(31-9-3-29(4-10-31)7-25-47(61)62)49-41(57(69)70)21-19-39(51(37)49)55(59)67)34-14-24-44(46(28-34)74-2)60-54(66)38-18-16-36(32-11-5-30(6-12-32)8-26-48(63)64)50-42(58(71)72)22-20-40(52(38)50)56(60)68/h3-28H,1-2H3,(H,61,62)(H,63,64)(H,69,70)(H,71,72)/b25-7+,26-8+. The van der Waals surface area contributed by atoms with Gasteiger partial charge < -0.3 is 29.9 Å². The number of carbonyl (C=O) groups is 8. The van der Waals surface area contributed by atoms with Crippen LogP contribution in [0.2, 0.25) is 0 Å². The van der Waals surface area contributed by atoms with Crippen molar-refractivity contribution < 1.29 is 68.3 Å². The van der Waals surface area contributed by atoms with Crippen LogP contribution in [0.15, 0.2) is 146 Å². The topological polar surface area (TPSA) is 242 Å². The van der Waals surface area contributed by atoms with E-state index in [0.717, 1.165) is 22.0 Å². The Morgan fingerprint density at radius 2 is 0.703 bits per heavy atom. The van der Waals surface area contributed by atoms with Gasteiger partial charge in [0.05, 0.1) is 36.7 Å². The fourth-order valence-electron chi connectivity index (χ4n) is 9.61. The number of benzene rings is 8. The normalized spacial score (nSPS) is 13.1. The second-order valence-electron chi connectivity index (χ2n) is 17.0. The second-order valence-corrected chi connectivity index (χ2v) is 17.0. The summed E-state index contributed by atoms with van der Waals surface area (Å²) in [5.41, 5.74) is 4.34. The van der Waals surface area contributed by atoms with Crippen LogP contribution in [-0.4, -0.2) is 82.2 Å². The molecule has 16 nitrogen and oxygen atoms in total. The summed E-state index contributed by atoms with van der Waals surface area (Å²) in [5.74, 6) is -7.54. The number of anilines is 2. The lowest BCUT2D eigenvalue weighted by Crippen LogP contribution is -2.40. The number of aromatic carboxylic acids is 2. The molecular formula is C58H36N2O14. The average Bonchev–Trinajstić information content (AvgIpc) is 3.40. The van der Waals surface area contributed by atoms with Crippen molar-refractivity contribution in [2.45, 2.75) is 0 Å². The van der Waals surface area contributed by atoms with Gasteiger partial charge in [0.15, 0.2) is 0 Å². The van der Waals surface area contributed by atoms with E-state index >= 15 is 0 Å². The zero-order chi connectivity index (χ0) is 52.3. The highest BCUT2D eigenvalue weighted by atomic mass is 16.5. The smallest absolute Gasteiger partial charge is 0.336 e. The van der Waals surface area contributed by atoms with Crippen molar-refractivity contribution in [3.05, 3.63) is 190 Å². The van der Waals surface area contributed by atoms with Gasteiger partial charge in [0.25, 0.3) is 23.6 Å². The van der Waals surface area contributed by atoms with E-state index in [9.17, 15) is 48.6 Å². The van der Waals surface area contributed by atoms with Gasteiger partial charge in [-0.25, -0.2) is 29.0 Å². The Balaban J connectivity index is 0.982. The van der Waals surface area contributed by atoms with E-state index < -0.39 is 47.5 Å². The molecule has 362 valence electrons. The SMILES string of the molecule is COc1cc(-c2ccc(N3C(=O)c4ccc(C(=O)O)c5c(-c6ccc(/C=C/C(=O)O)cc6)ccc(c45)C3=O)c(OC)c2)ccc1N1C(=O)c2ccc(C(=O)O)c3c(-c4ccc(/C=C/C(=O)O)cc4)ccc(c23)C1=O. The van der Waals surface area contributed by atoms with Gasteiger partial charge in [-0.3, -0.25) is 19.2 Å². The van der Waals surface area contributed by atoms with Crippen LogP contribution in [0.4, 0.5) is 11.4 Å². The Bertz CT molecular complexity index is 3610. The number of imide groups is 2. The average molecular weight is 985 g/mol. The molecule has 2 aliphatic rings. The van der Waals surface area contributed by atoms with Crippen molar-refractivity contribution in [3.8, 4) is 44.9 Å². The molecule has 0 atom stereocenters. The molecule has 2 heterocycles. The Kier molecular flexibility index (Phi) is 11.7. The number of nitrogens with zero attached hydrogens (tertiary/aromatic N) is 2. The molecule has 8 aromatic rings. The predicted octanol–water partition coefficient (Wildman–Crippen LogP) is 10.2. The highest BCUT2D eigenvalue weighted by Gasteiger charge is 2.39. The van der Waals surface area contributed by atoms with Crippen molar-refractivity contribution in [2.24, 2.45) is 0 Å². The van der Waals surface area contributed by atoms with E-state index in [4.69, 9.17) is 19.7 Å². The molecule has 0 aliphatic carbocycles. The zero-order valence-electron chi connectivity index (χ0n) is 38.8. The van der Waals surface area contributed by atoms with Crippen LogP contribution >= 0.6 is 0 Å². The molecule has 0 saturated heterocycles. The van der Waals surface area contributed by atoms with Gasteiger partial charge in [0.1, 0.15) is 11.5 Å². The van der Waals surface area contributed by atoms with Gasteiger partial charge in [0, 0.05) is 56.0 Å². The zero-order valence-corrected chi connectivity index (χ0v) is 38.8. The molecule has 2 aliphatic heterocycles. The van der Waals surface area contributed by atoms with Gasteiger partial charge in [0.2, 0.25) is 0 Å². The Morgan fingerprint density at radius 3 is 1.01 bits per heavy atom. The molecule has 8 aromatic carbocycles. The van der Waals surface area contributed by atoms with Crippen LogP contribution in [0.25, 0.3) is 67.1 Å². The first-order valence-corrected chi connectivity index (χ1v) is 22.4. The first kappa shape index (κ1) is 47.2. The second kappa shape index (κ2) is 18.4. The number of carboxylic acids is 4. The summed E-state index contributed by atoms with van der Waals surface area (Å²) in [6.07, 6.45) is 4.79. The van der Waals surface area contributed by atoms with Crippen LogP contribution < -0.4 is 19.3 Å². The first-order valence-electron chi connectivity index (χ1n) is 22.4. The van der Waals surface area contributed by atoms with E-state index in [1.165, 1.54) is 74.9 Å². The third-order valence-electron chi connectivity index (χ3n) is 13.0. The number of carboxylic acid groups (broad SMARTS) is 4. The minimum absolute atomic E-state index is 0.0660. The number of methoxy groups -OCH3 is 2. The van der Waals surface area contributed by atoms with Gasteiger partial charge in [-0.15, -0.1) is 0 Å². The number of ether oxygens (including phenoxy) is 2. The monoisotopic (exact) mass is 984 g/mol. The lowest BCUT2D eigenvalue weighted by molar-refractivity contribution is -0.132. The fraction of sp³-hybridized carbons (Fsp3) is 0.0345. The quantitative estimate of drug-likeness (QED) is 0.0621. The van der Waals surface area contributed by atoms with Gasteiger partial charge in [-0.05, 0) is 117 Å². The van der Waals surface area contributed by atoms with Crippen LogP contribution in [0.3, 0.4) is 0 Å². The molecule has 4 amide bonds. The summed E-state index contributed by atoms with van der Waals surface area (Å²) in [6.45, 7) is 0. The summed E-state index contributed by atoms with van der Waals surface area (Å²) in [6, 6.07) is 34.5. The first-order chi connectivity index (χ1) is 35.6. The van der Waals surface area contributed by atoms with Gasteiger partial charge >= 0.3 is 23.9 Å². The largest absolute Gasteiger partial charge is 0.495 e. The number of carbonyl (C=O) groups excluding carboxylic acids is 4. The molecule has 0 radical (unpaired) electrons. The molecule has 4 N–H and O–H groups in total. The minimum atomic E-state index is -1.28. The van der Waals surface area contributed by atoms with E-state index in [-0.39, 0.29) is 77.8 Å². The number of hydrogen-bond donors (Lipinski definition) is 4. The number of rotatable bonds is 13. The third-order valence-corrected chi connectivity index (χ3v) is 13.0. The fourth-order valence-corrected chi connectivity index (χ4v) is 9.61. The number of amides is 4. The predicted molar refractivity (Wildman–Crippen MR) is 273 cm³/mol.